The van der Waals surface area contributed by atoms with E-state index in [9.17, 15) is 0 Å². The van der Waals surface area contributed by atoms with Crippen LogP contribution in [-0.4, -0.2) is 4.98 Å². The first-order chi connectivity index (χ1) is 16.4. The molecule has 5 aromatic rings. The molecule has 0 aliphatic heterocycles. The molecule has 6 rings (SSSR count). The molecule has 2 heteroatoms. The van der Waals surface area contributed by atoms with Crippen molar-refractivity contribution in [2.24, 2.45) is 0 Å². The van der Waals surface area contributed by atoms with Crippen LogP contribution in [0.3, 0.4) is 0 Å². The van der Waals surface area contributed by atoms with Gasteiger partial charge in [0.25, 0.3) is 0 Å². The van der Waals surface area contributed by atoms with Crippen LogP contribution in [0.2, 0.25) is 0 Å². The minimum Gasteiger partial charge on any atom is -0.455 e. The van der Waals surface area contributed by atoms with Crippen LogP contribution in [-0.2, 0) is 6.42 Å². The monoisotopic (exact) mass is 423 g/mol. The van der Waals surface area contributed by atoms with Crippen LogP contribution in [0.15, 0.2) is 102 Å². The van der Waals surface area contributed by atoms with Gasteiger partial charge in [0.1, 0.15) is 11.5 Å². The Morgan fingerprint density at radius 3 is 2.39 bits per heavy atom. The highest BCUT2D eigenvalue weighted by atomic mass is 16.3. The summed E-state index contributed by atoms with van der Waals surface area (Å²) in [4.78, 5) is 4.73. The van der Waals surface area contributed by atoms with E-state index in [0.717, 1.165) is 63.4 Å². The van der Waals surface area contributed by atoms with E-state index in [1.54, 1.807) is 0 Å². The van der Waals surface area contributed by atoms with Crippen molar-refractivity contribution < 1.29 is 4.42 Å². The van der Waals surface area contributed by atoms with E-state index in [1.165, 1.54) is 5.56 Å². The fourth-order valence-corrected chi connectivity index (χ4v) is 4.50. The molecule has 156 valence electrons. The number of hydrogen-bond donors (Lipinski definition) is 0. The third-order valence-corrected chi connectivity index (χ3v) is 6.10. The van der Waals surface area contributed by atoms with Crippen LogP contribution in [0.1, 0.15) is 17.5 Å². The summed E-state index contributed by atoms with van der Waals surface area (Å²) < 4.78 is 6.63. The van der Waals surface area contributed by atoms with Gasteiger partial charge in [-0.2, -0.15) is 0 Å². The Balaban J connectivity index is 1.48. The normalized spacial score (nSPS) is 12.2. The number of allylic oxidation sites excluding steroid dienone is 1. The second-order valence-corrected chi connectivity index (χ2v) is 8.15. The molecule has 0 spiro atoms. The zero-order chi connectivity index (χ0) is 22.0. The highest BCUT2D eigenvalue weighted by Crippen LogP contribution is 2.43. The molecule has 2 heterocycles. The first-order valence-electron chi connectivity index (χ1n) is 11.2. The summed E-state index contributed by atoms with van der Waals surface area (Å²) in [5, 5.41) is 0. The van der Waals surface area contributed by atoms with Crippen molar-refractivity contribution in [1.82, 2.24) is 4.98 Å². The number of nitrogens with zero attached hydrogens (tertiary/aromatic N) is 1. The molecular formula is C31H21NO. The standard InChI is InChI=1S/C31H21NO/c1-3-11-22(12-4-1)25-15-7-8-16-26(25)31-28-18-10-9-17-27(28)30(33-31)24-19-20-29(32-21-24)23-13-5-2-6-14-23/h1-3,5-9,11,13-17,19-21H,10,18H2. The minimum atomic E-state index is 0.876. The Morgan fingerprint density at radius 2 is 1.61 bits per heavy atom. The topological polar surface area (TPSA) is 26.0 Å². The molecule has 1 aliphatic carbocycles. The fourth-order valence-electron chi connectivity index (χ4n) is 4.50. The molecule has 0 N–H and O–H groups in total. The first kappa shape index (κ1) is 19.3. The predicted octanol–water partition coefficient (Wildman–Crippen LogP) is 7.90. The van der Waals surface area contributed by atoms with Crippen LogP contribution in [0.4, 0.5) is 0 Å². The van der Waals surface area contributed by atoms with Crippen molar-refractivity contribution >= 4 is 6.08 Å². The van der Waals surface area contributed by atoms with Gasteiger partial charge >= 0.3 is 0 Å². The van der Waals surface area contributed by atoms with Gasteiger partial charge in [-0.25, -0.2) is 0 Å². The number of furan rings is 1. The van der Waals surface area contributed by atoms with Crippen molar-refractivity contribution in [2.75, 3.05) is 0 Å². The molecule has 2 aromatic heterocycles. The zero-order valence-electron chi connectivity index (χ0n) is 18.1. The molecule has 1 aliphatic rings. The number of fused-ring (bicyclic) bond motifs is 1. The lowest BCUT2D eigenvalue weighted by molar-refractivity contribution is 0.594. The maximum atomic E-state index is 6.63. The summed E-state index contributed by atoms with van der Waals surface area (Å²) >= 11 is 0. The molecule has 0 bridgehead atoms. The van der Waals surface area contributed by atoms with Crippen LogP contribution in [0, 0.1) is 12.1 Å². The van der Waals surface area contributed by atoms with Gasteiger partial charge in [-0.05, 0) is 37.1 Å². The average molecular weight is 424 g/mol. The van der Waals surface area contributed by atoms with Crippen LogP contribution in [0.5, 0.6) is 0 Å². The molecule has 0 radical (unpaired) electrons. The lowest BCUT2D eigenvalue weighted by Gasteiger charge is -2.10. The molecule has 0 atom stereocenters. The summed E-state index contributed by atoms with van der Waals surface area (Å²) in [5.74, 6) is 1.81. The maximum Gasteiger partial charge on any atom is 0.143 e. The van der Waals surface area contributed by atoms with Gasteiger partial charge in [-0.15, -0.1) is 0 Å². The summed E-state index contributed by atoms with van der Waals surface area (Å²) in [6.07, 6.45) is 8.30. The Hall–Kier alpha value is -4.35. The van der Waals surface area contributed by atoms with Crippen molar-refractivity contribution in [3.63, 3.8) is 0 Å². The Morgan fingerprint density at radius 1 is 0.758 bits per heavy atom. The summed E-state index contributed by atoms with van der Waals surface area (Å²) in [6, 6.07) is 35.0. The number of hydrogen-bond acceptors (Lipinski definition) is 2. The Bertz CT molecular complexity index is 1430. The number of pyridine rings is 1. The van der Waals surface area contributed by atoms with E-state index in [1.807, 2.05) is 36.5 Å². The molecule has 3 aromatic carbocycles. The van der Waals surface area contributed by atoms with Crippen LogP contribution in [0.25, 0.3) is 51.1 Å². The summed E-state index contributed by atoms with van der Waals surface area (Å²) in [5.41, 5.74) is 8.66. The predicted molar refractivity (Wildman–Crippen MR) is 133 cm³/mol. The first-order valence-corrected chi connectivity index (χ1v) is 11.2. The zero-order valence-corrected chi connectivity index (χ0v) is 18.1. The molecule has 0 amide bonds. The van der Waals surface area contributed by atoms with Gasteiger partial charge in [-0.1, -0.05) is 84.9 Å². The average Bonchev–Trinajstić information content (AvgIpc) is 3.29. The molecule has 0 saturated heterocycles. The van der Waals surface area contributed by atoms with Gasteiger partial charge in [0.15, 0.2) is 0 Å². The SMILES string of the molecule is c1cccc(-c2ccccc2-c2oc(-c3ccc(-c4ccccc4)nc3)c3c2CCC=C3)c#1. The number of aromatic nitrogens is 1. The minimum absolute atomic E-state index is 0.876. The van der Waals surface area contributed by atoms with E-state index in [-0.39, 0.29) is 0 Å². The van der Waals surface area contributed by atoms with Crippen molar-refractivity contribution in [3.05, 3.63) is 120 Å². The largest absolute Gasteiger partial charge is 0.455 e. The number of rotatable bonds is 4. The summed E-state index contributed by atoms with van der Waals surface area (Å²) in [6.45, 7) is 0. The van der Waals surface area contributed by atoms with Gasteiger partial charge in [-0.3, -0.25) is 4.98 Å². The maximum absolute atomic E-state index is 6.63. The molecule has 0 saturated carbocycles. The smallest absolute Gasteiger partial charge is 0.143 e. The molecule has 33 heavy (non-hydrogen) atoms. The third kappa shape index (κ3) is 3.54. The van der Waals surface area contributed by atoms with E-state index in [0.29, 0.717) is 0 Å². The Labute approximate surface area is 193 Å². The van der Waals surface area contributed by atoms with E-state index < -0.39 is 0 Å². The molecular weight excluding hydrogens is 402 g/mol. The third-order valence-electron chi connectivity index (χ3n) is 6.10. The van der Waals surface area contributed by atoms with Crippen molar-refractivity contribution in [1.29, 1.82) is 0 Å². The summed E-state index contributed by atoms with van der Waals surface area (Å²) in [7, 11) is 0. The van der Waals surface area contributed by atoms with Crippen LogP contribution >= 0.6 is 0 Å². The lowest BCUT2D eigenvalue weighted by atomic mass is 9.91. The van der Waals surface area contributed by atoms with Gasteiger partial charge in [0.05, 0.1) is 5.69 Å². The quantitative estimate of drug-likeness (QED) is 0.294. The van der Waals surface area contributed by atoms with Gasteiger partial charge < -0.3 is 4.42 Å². The van der Waals surface area contributed by atoms with Crippen molar-refractivity contribution in [2.45, 2.75) is 12.8 Å². The Kier molecular flexibility index (Phi) is 4.86. The van der Waals surface area contributed by atoms with E-state index in [4.69, 9.17) is 9.40 Å². The highest BCUT2D eigenvalue weighted by molar-refractivity contribution is 5.87. The molecule has 0 unspecified atom stereocenters. The van der Waals surface area contributed by atoms with Gasteiger partial charge in [0, 0.05) is 45.1 Å². The highest BCUT2D eigenvalue weighted by Gasteiger charge is 2.24. The van der Waals surface area contributed by atoms with Gasteiger partial charge in [0.2, 0.25) is 0 Å². The second-order valence-electron chi connectivity index (χ2n) is 8.15. The number of benzene rings is 2. The lowest BCUT2D eigenvalue weighted by Crippen LogP contribution is -1.94. The molecule has 0 fully saturated rings. The molecule has 2 nitrogen and oxygen atoms in total. The van der Waals surface area contributed by atoms with Crippen molar-refractivity contribution in [3.8, 4) is 45.0 Å². The van der Waals surface area contributed by atoms with E-state index in [2.05, 4.69) is 78.9 Å². The second kappa shape index (κ2) is 8.30. The fraction of sp³-hybridized carbons (Fsp3) is 0.0645. The van der Waals surface area contributed by atoms with E-state index >= 15 is 0 Å². The van der Waals surface area contributed by atoms with Crippen LogP contribution < -0.4 is 0 Å².